The summed E-state index contributed by atoms with van der Waals surface area (Å²) in [5.74, 6) is 1.03. The molecule has 0 aromatic heterocycles. The molecule has 110 valence electrons. The van der Waals surface area contributed by atoms with Crippen LogP contribution >= 0.6 is 27.5 Å². The largest absolute Gasteiger partial charge is 0.493 e. The highest BCUT2D eigenvalue weighted by molar-refractivity contribution is 9.10. The molecule has 1 aliphatic heterocycles. The summed E-state index contributed by atoms with van der Waals surface area (Å²) in [4.78, 5) is 0. The molecule has 1 unspecified atom stereocenters. The van der Waals surface area contributed by atoms with Gasteiger partial charge in [-0.05, 0) is 53.8 Å². The van der Waals surface area contributed by atoms with Gasteiger partial charge in [-0.15, -0.1) is 0 Å². The Balaban J connectivity index is 1.75. The molecule has 2 aromatic carbocycles. The number of nitrogens with two attached hydrogens (primary N) is 1. The lowest BCUT2D eigenvalue weighted by Gasteiger charge is -2.15. The first kappa shape index (κ1) is 14.9. The number of hydrogen-bond acceptors (Lipinski definition) is 2. The molecule has 2 nitrogen and oxygen atoms in total. The lowest BCUT2D eigenvalue weighted by molar-refractivity contribution is 0.352. The first-order valence-electron chi connectivity index (χ1n) is 7.06. The second-order valence-corrected chi connectivity index (χ2v) is 6.80. The summed E-state index contributed by atoms with van der Waals surface area (Å²) in [7, 11) is 0. The quantitative estimate of drug-likeness (QED) is 0.882. The SMILES string of the molecule is NC(Cc1cccc(Cl)c1)Cc1cc(Br)cc2c1OCC2. The summed E-state index contributed by atoms with van der Waals surface area (Å²) in [6.45, 7) is 0.766. The third kappa shape index (κ3) is 3.60. The predicted octanol–water partition coefficient (Wildman–Crippen LogP) is 4.15. The van der Waals surface area contributed by atoms with Crippen molar-refractivity contribution < 1.29 is 4.74 Å². The Bertz CT molecular complexity index is 659. The van der Waals surface area contributed by atoms with Gasteiger partial charge in [-0.3, -0.25) is 0 Å². The first-order chi connectivity index (χ1) is 10.1. The molecule has 2 aromatic rings. The third-order valence-corrected chi connectivity index (χ3v) is 4.39. The van der Waals surface area contributed by atoms with Gasteiger partial charge in [0.1, 0.15) is 5.75 Å². The molecule has 0 bridgehead atoms. The van der Waals surface area contributed by atoms with Crippen LogP contribution in [0.4, 0.5) is 0 Å². The fourth-order valence-electron chi connectivity index (χ4n) is 2.82. The normalized spacial score (nSPS) is 14.6. The molecule has 21 heavy (non-hydrogen) atoms. The summed E-state index contributed by atoms with van der Waals surface area (Å²) in [5.41, 5.74) is 9.95. The highest BCUT2D eigenvalue weighted by atomic mass is 79.9. The van der Waals surface area contributed by atoms with Crippen molar-refractivity contribution in [1.29, 1.82) is 0 Å². The molecule has 0 aliphatic carbocycles. The van der Waals surface area contributed by atoms with Crippen molar-refractivity contribution in [2.45, 2.75) is 25.3 Å². The molecular weight excluding hydrogens is 350 g/mol. The summed E-state index contributed by atoms with van der Waals surface area (Å²) < 4.78 is 6.85. The Hall–Kier alpha value is -1.03. The maximum Gasteiger partial charge on any atom is 0.125 e. The van der Waals surface area contributed by atoms with E-state index in [0.29, 0.717) is 0 Å². The predicted molar refractivity (Wildman–Crippen MR) is 90.2 cm³/mol. The van der Waals surface area contributed by atoms with Crippen LogP contribution in [-0.2, 0) is 19.3 Å². The van der Waals surface area contributed by atoms with E-state index in [-0.39, 0.29) is 6.04 Å². The van der Waals surface area contributed by atoms with Crippen LogP contribution in [0.2, 0.25) is 5.02 Å². The molecule has 0 saturated carbocycles. The van der Waals surface area contributed by atoms with Gasteiger partial charge in [0.15, 0.2) is 0 Å². The molecule has 1 atom stereocenters. The standard InChI is InChI=1S/C17H17BrClNO/c18-14-8-12-4-5-21-17(12)13(9-14)10-16(20)7-11-2-1-3-15(19)6-11/h1-3,6,8-9,16H,4-5,7,10,20H2. The molecule has 1 heterocycles. The number of hydrogen-bond donors (Lipinski definition) is 1. The molecule has 1 aliphatic rings. The van der Waals surface area contributed by atoms with E-state index < -0.39 is 0 Å². The first-order valence-corrected chi connectivity index (χ1v) is 8.23. The summed E-state index contributed by atoms with van der Waals surface area (Å²) in [6.07, 6.45) is 2.58. The maximum absolute atomic E-state index is 6.32. The van der Waals surface area contributed by atoms with E-state index >= 15 is 0 Å². The zero-order valence-corrected chi connectivity index (χ0v) is 14.0. The second kappa shape index (κ2) is 6.39. The molecule has 4 heteroatoms. The highest BCUT2D eigenvalue weighted by Crippen LogP contribution is 2.33. The van der Waals surface area contributed by atoms with Crippen LogP contribution < -0.4 is 10.5 Å². The Kier molecular flexibility index (Phi) is 4.53. The van der Waals surface area contributed by atoms with Crippen LogP contribution in [0.3, 0.4) is 0 Å². The van der Waals surface area contributed by atoms with Gasteiger partial charge >= 0.3 is 0 Å². The van der Waals surface area contributed by atoms with Gasteiger partial charge in [-0.1, -0.05) is 39.7 Å². The van der Waals surface area contributed by atoms with Crippen molar-refractivity contribution in [2.75, 3.05) is 6.61 Å². The van der Waals surface area contributed by atoms with Gasteiger partial charge in [0.25, 0.3) is 0 Å². The Morgan fingerprint density at radius 2 is 2.10 bits per heavy atom. The van der Waals surface area contributed by atoms with Crippen molar-refractivity contribution in [3.8, 4) is 5.75 Å². The van der Waals surface area contributed by atoms with Crippen LogP contribution in [0.5, 0.6) is 5.75 Å². The van der Waals surface area contributed by atoms with Gasteiger partial charge in [0.2, 0.25) is 0 Å². The van der Waals surface area contributed by atoms with Crippen LogP contribution in [0.1, 0.15) is 16.7 Å². The van der Waals surface area contributed by atoms with Crippen LogP contribution in [0.25, 0.3) is 0 Å². The molecule has 2 N–H and O–H groups in total. The number of halogens is 2. The minimum atomic E-state index is 0.0473. The minimum Gasteiger partial charge on any atom is -0.493 e. The average molecular weight is 367 g/mol. The van der Waals surface area contributed by atoms with Crippen LogP contribution in [0.15, 0.2) is 40.9 Å². The number of rotatable bonds is 4. The molecule has 0 radical (unpaired) electrons. The van der Waals surface area contributed by atoms with Crippen LogP contribution in [-0.4, -0.2) is 12.6 Å². The topological polar surface area (TPSA) is 35.2 Å². The summed E-state index contributed by atoms with van der Waals surface area (Å²) >= 11 is 9.59. The monoisotopic (exact) mass is 365 g/mol. The Morgan fingerprint density at radius 1 is 1.24 bits per heavy atom. The molecule has 0 amide bonds. The number of benzene rings is 2. The number of ether oxygens (including phenoxy) is 1. The number of fused-ring (bicyclic) bond motifs is 1. The van der Waals surface area contributed by atoms with Crippen molar-refractivity contribution in [3.63, 3.8) is 0 Å². The van der Waals surface area contributed by atoms with E-state index in [4.69, 9.17) is 22.1 Å². The molecular formula is C17H17BrClNO. The van der Waals surface area contributed by atoms with E-state index in [1.54, 1.807) is 0 Å². The smallest absolute Gasteiger partial charge is 0.125 e. The fraction of sp³-hybridized carbons (Fsp3) is 0.294. The highest BCUT2D eigenvalue weighted by Gasteiger charge is 2.19. The lowest BCUT2D eigenvalue weighted by atomic mass is 9.97. The van der Waals surface area contributed by atoms with Crippen molar-refractivity contribution in [1.82, 2.24) is 0 Å². The molecule has 0 saturated heterocycles. The van der Waals surface area contributed by atoms with E-state index in [0.717, 1.165) is 41.1 Å². The van der Waals surface area contributed by atoms with E-state index in [2.05, 4.69) is 34.1 Å². The lowest BCUT2D eigenvalue weighted by Crippen LogP contribution is -2.25. The van der Waals surface area contributed by atoms with Crippen molar-refractivity contribution >= 4 is 27.5 Å². The van der Waals surface area contributed by atoms with Gasteiger partial charge in [0, 0.05) is 22.0 Å². The van der Waals surface area contributed by atoms with Gasteiger partial charge in [-0.2, -0.15) is 0 Å². The van der Waals surface area contributed by atoms with E-state index in [1.165, 1.54) is 16.7 Å². The zero-order valence-electron chi connectivity index (χ0n) is 11.6. The fourth-order valence-corrected chi connectivity index (χ4v) is 3.58. The van der Waals surface area contributed by atoms with Gasteiger partial charge < -0.3 is 10.5 Å². The Morgan fingerprint density at radius 3 is 2.90 bits per heavy atom. The van der Waals surface area contributed by atoms with Crippen molar-refractivity contribution in [3.05, 3.63) is 62.6 Å². The van der Waals surface area contributed by atoms with E-state index in [9.17, 15) is 0 Å². The Labute approximate surface area is 138 Å². The molecule has 0 fully saturated rings. The molecule has 0 spiro atoms. The van der Waals surface area contributed by atoms with Gasteiger partial charge in [0.05, 0.1) is 6.61 Å². The van der Waals surface area contributed by atoms with Gasteiger partial charge in [-0.25, -0.2) is 0 Å². The van der Waals surface area contributed by atoms with Crippen molar-refractivity contribution in [2.24, 2.45) is 5.73 Å². The van der Waals surface area contributed by atoms with Crippen LogP contribution in [0, 0.1) is 0 Å². The second-order valence-electron chi connectivity index (χ2n) is 5.45. The summed E-state index contributed by atoms with van der Waals surface area (Å²) in [5, 5.41) is 0.756. The summed E-state index contributed by atoms with van der Waals surface area (Å²) in [6, 6.07) is 12.2. The molecule has 3 rings (SSSR count). The maximum atomic E-state index is 6.32. The minimum absolute atomic E-state index is 0.0473. The zero-order chi connectivity index (χ0) is 14.8. The third-order valence-electron chi connectivity index (χ3n) is 3.69. The average Bonchev–Trinajstić information content (AvgIpc) is 2.86. The van der Waals surface area contributed by atoms with E-state index in [1.807, 2.05) is 18.2 Å².